The van der Waals surface area contributed by atoms with Crippen molar-refractivity contribution in [1.82, 2.24) is 9.88 Å². The Balaban J connectivity index is 1.29. The second-order valence-electron chi connectivity index (χ2n) is 7.82. The van der Waals surface area contributed by atoms with Gasteiger partial charge in [-0.15, -0.1) is 11.3 Å². The van der Waals surface area contributed by atoms with Crippen molar-refractivity contribution in [3.63, 3.8) is 0 Å². The van der Waals surface area contributed by atoms with E-state index in [0.717, 1.165) is 49.4 Å². The molecule has 11 heteroatoms. The van der Waals surface area contributed by atoms with Gasteiger partial charge in [-0.1, -0.05) is 11.6 Å². The molecule has 1 aromatic carbocycles. The summed E-state index contributed by atoms with van der Waals surface area (Å²) < 4.78 is 41.6. The highest BCUT2D eigenvalue weighted by molar-refractivity contribution is 7.93. The van der Waals surface area contributed by atoms with Crippen molar-refractivity contribution >= 4 is 43.8 Å². The number of nitrogens with zero attached hydrogens (tertiary/aromatic N) is 2. The molecule has 4 N–H and O–H groups in total. The number of anilines is 2. The van der Waals surface area contributed by atoms with E-state index in [1.54, 1.807) is 5.38 Å². The van der Waals surface area contributed by atoms with Gasteiger partial charge in [-0.25, -0.2) is 17.8 Å². The Labute approximate surface area is 184 Å². The quantitative estimate of drug-likeness (QED) is 0.483. The fourth-order valence-corrected chi connectivity index (χ4v) is 6.56. The molecule has 2 aliphatic rings. The lowest BCUT2D eigenvalue weighted by Crippen LogP contribution is -2.38. The molecule has 30 heavy (non-hydrogen) atoms. The van der Waals surface area contributed by atoms with E-state index in [9.17, 15) is 12.8 Å². The summed E-state index contributed by atoms with van der Waals surface area (Å²) in [5.41, 5.74) is 6.62. The lowest BCUT2D eigenvalue weighted by atomic mass is 10.1. The third-order valence-corrected chi connectivity index (χ3v) is 8.40. The van der Waals surface area contributed by atoms with Crippen LogP contribution in [0.5, 0.6) is 0 Å². The van der Waals surface area contributed by atoms with Crippen LogP contribution < -0.4 is 15.8 Å². The highest BCUT2D eigenvalue weighted by atomic mass is 35.5. The molecule has 1 aliphatic carbocycles. The number of nitrogens with two attached hydrogens (primary N) is 1. The maximum absolute atomic E-state index is 14.5. The van der Waals surface area contributed by atoms with Gasteiger partial charge in [0.05, 0.1) is 10.7 Å². The zero-order valence-electron chi connectivity index (χ0n) is 16.4. The molecule has 7 nitrogen and oxygen atoms in total. The zero-order valence-corrected chi connectivity index (χ0v) is 18.7. The number of hydrogen-bond donors (Lipinski definition) is 3. The minimum atomic E-state index is -4.11. The van der Waals surface area contributed by atoms with Crippen LogP contribution in [0.3, 0.4) is 0 Å². The number of rotatable bonds is 9. The fourth-order valence-electron chi connectivity index (χ4n) is 4.39. The number of nitrogens with one attached hydrogen (secondary N) is 2. The van der Waals surface area contributed by atoms with Crippen molar-refractivity contribution in [2.24, 2.45) is 11.7 Å². The van der Waals surface area contributed by atoms with E-state index in [-0.39, 0.29) is 10.2 Å². The highest BCUT2D eigenvalue weighted by Crippen LogP contribution is 2.36. The highest BCUT2D eigenvalue weighted by Gasteiger charge is 2.44. The SMILES string of the molecule is N[C@H]1[C@@H]2CC[C@H]1N(CCCCNc1cc(F)c(S(=O)(=O)Nc3nccs3)cc1Cl)C2. The summed E-state index contributed by atoms with van der Waals surface area (Å²) in [6.45, 7) is 2.73. The Morgan fingerprint density at radius 1 is 1.33 bits per heavy atom. The van der Waals surface area contributed by atoms with Crippen LogP contribution in [0.4, 0.5) is 15.2 Å². The van der Waals surface area contributed by atoms with Gasteiger partial charge in [0, 0.05) is 36.8 Å². The molecule has 2 aromatic rings. The smallest absolute Gasteiger partial charge is 0.266 e. The van der Waals surface area contributed by atoms with E-state index in [2.05, 4.69) is 19.9 Å². The van der Waals surface area contributed by atoms with Crippen LogP contribution in [-0.2, 0) is 10.0 Å². The fraction of sp³-hybridized carbons (Fsp3) is 0.526. The van der Waals surface area contributed by atoms with Gasteiger partial charge < -0.3 is 11.1 Å². The van der Waals surface area contributed by atoms with Crippen LogP contribution in [-0.4, -0.2) is 50.0 Å². The van der Waals surface area contributed by atoms with E-state index in [4.69, 9.17) is 17.3 Å². The molecular formula is C19H25ClFN5O2S2. The summed E-state index contributed by atoms with van der Waals surface area (Å²) >= 11 is 7.31. The van der Waals surface area contributed by atoms with Gasteiger partial charge in [-0.2, -0.15) is 0 Å². The molecule has 164 valence electrons. The van der Waals surface area contributed by atoms with E-state index < -0.39 is 20.7 Å². The maximum atomic E-state index is 14.5. The number of unbranched alkanes of at least 4 members (excludes halogenated alkanes) is 1. The summed E-state index contributed by atoms with van der Waals surface area (Å²) in [7, 11) is -4.11. The number of thiazole rings is 1. The predicted molar refractivity (Wildman–Crippen MR) is 118 cm³/mol. The molecule has 1 saturated heterocycles. The number of fused-ring (bicyclic) bond motifs is 2. The average Bonchev–Trinajstić information content (AvgIpc) is 3.40. The second kappa shape index (κ2) is 8.96. The number of aromatic nitrogens is 1. The molecule has 0 amide bonds. The molecule has 0 spiro atoms. The predicted octanol–water partition coefficient (Wildman–Crippen LogP) is 3.35. The Kier molecular flexibility index (Phi) is 6.50. The standard InChI is InChI=1S/C19H25ClFN5O2S2/c20-13-9-17(30(27,28)25-19-24-6-8-29-19)14(21)10-15(13)23-5-1-2-7-26-11-12-3-4-16(26)18(12)22/h6,8-10,12,16,18,23H,1-5,7,11,22H2,(H,24,25)/t12-,16-,18+/m1/s1. The van der Waals surface area contributed by atoms with Crippen molar-refractivity contribution in [3.05, 3.63) is 34.5 Å². The molecule has 2 heterocycles. The summed E-state index contributed by atoms with van der Waals surface area (Å²) in [4.78, 5) is 5.83. The number of benzene rings is 1. The first-order valence-corrected chi connectivity index (χ1v) is 12.7. The lowest BCUT2D eigenvalue weighted by Gasteiger charge is -2.26. The molecule has 1 aliphatic heterocycles. The van der Waals surface area contributed by atoms with Gasteiger partial charge in [-0.05, 0) is 50.3 Å². The van der Waals surface area contributed by atoms with Crippen LogP contribution in [0.25, 0.3) is 0 Å². The molecule has 3 atom stereocenters. The van der Waals surface area contributed by atoms with Gasteiger partial charge in [0.2, 0.25) is 0 Å². The number of sulfonamides is 1. The van der Waals surface area contributed by atoms with Crippen molar-refractivity contribution < 1.29 is 12.8 Å². The van der Waals surface area contributed by atoms with Crippen molar-refractivity contribution in [3.8, 4) is 0 Å². The van der Waals surface area contributed by atoms with Gasteiger partial charge in [-0.3, -0.25) is 9.62 Å². The Bertz CT molecular complexity index is 989. The summed E-state index contributed by atoms with van der Waals surface area (Å²) in [6, 6.07) is 3.10. The van der Waals surface area contributed by atoms with Crippen molar-refractivity contribution in [2.45, 2.75) is 42.7 Å². The van der Waals surface area contributed by atoms with Crippen LogP contribution >= 0.6 is 22.9 Å². The first kappa shape index (κ1) is 21.8. The van der Waals surface area contributed by atoms with E-state index in [1.165, 1.54) is 19.0 Å². The third kappa shape index (κ3) is 4.57. The molecule has 2 fully saturated rings. The summed E-state index contributed by atoms with van der Waals surface area (Å²) in [6.07, 6.45) is 5.81. The van der Waals surface area contributed by atoms with Crippen LogP contribution in [0.1, 0.15) is 25.7 Å². The number of halogens is 2. The van der Waals surface area contributed by atoms with Gasteiger partial charge >= 0.3 is 0 Å². The Morgan fingerprint density at radius 3 is 2.83 bits per heavy atom. The Morgan fingerprint density at radius 2 is 2.17 bits per heavy atom. The van der Waals surface area contributed by atoms with E-state index in [0.29, 0.717) is 30.2 Å². The number of likely N-dealkylation sites (tertiary alicyclic amines) is 1. The summed E-state index contributed by atoms with van der Waals surface area (Å²) in [5.74, 6) is -0.220. The molecular weight excluding hydrogens is 449 g/mol. The first-order chi connectivity index (χ1) is 14.3. The first-order valence-electron chi connectivity index (χ1n) is 10.00. The average molecular weight is 474 g/mol. The molecule has 0 unspecified atom stereocenters. The topological polar surface area (TPSA) is 100 Å². The molecule has 4 rings (SSSR count). The molecule has 0 radical (unpaired) electrons. The monoisotopic (exact) mass is 473 g/mol. The van der Waals surface area contributed by atoms with Crippen LogP contribution in [0, 0.1) is 11.7 Å². The third-order valence-electron chi connectivity index (χ3n) is 5.91. The summed E-state index contributed by atoms with van der Waals surface area (Å²) in [5, 5.41) is 5.05. The normalized spacial score (nSPS) is 23.8. The lowest BCUT2D eigenvalue weighted by molar-refractivity contribution is 0.208. The van der Waals surface area contributed by atoms with Crippen molar-refractivity contribution in [2.75, 3.05) is 29.7 Å². The van der Waals surface area contributed by atoms with Crippen molar-refractivity contribution in [1.29, 1.82) is 0 Å². The van der Waals surface area contributed by atoms with Gasteiger partial charge in [0.15, 0.2) is 5.13 Å². The van der Waals surface area contributed by atoms with Gasteiger partial charge in [0.1, 0.15) is 10.7 Å². The molecule has 2 bridgehead atoms. The van der Waals surface area contributed by atoms with Crippen LogP contribution in [0.15, 0.2) is 28.6 Å². The second-order valence-corrected chi connectivity index (χ2v) is 10.8. The minimum absolute atomic E-state index is 0.152. The number of piperidine rings is 1. The molecule has 1 aromatic heterocycles. The Hall–Kier alpha value is -1.46. The molecule has 1 saturated carbocycles. The largest absolute Gasteiger partial charge is 0.384 e. The van der Waals surface area contributed by atoms with Crippen LogP contribution in [0.2, 0.25) is 5.02 Å². The zero-order chi connectivity index (χ0) is 21.3. The van der Waals surface area contributed by atoms with E-state index in [1.807, 2.05) is 0 Å². The number of hydrogen-bond acceptors (Lipinski definition) is 7. The van der Waals surface area contributed by atoms with Gasteiger partial charge in [0.25, 0.3) is 10.0 Å². The minimum Gasteiger partial charge on any atom is -0.384 e. The van der Waals surface area contributed by atoms with E-state index >= 15 is 0 Å². The maximum Gasteiger partial charge on any atom is 0.266 e.